The highest BCUT2D eigenvalue weighted by Gasteiger charge is 2.66. The highest BCUT2D eigenvalue weighted by Crippen LogP contribution is 2.77. The van der Waals surface area contributed by atoms with Crippen LogP contribution in [0, 0.1) is 0 Å². The van der Waals surface area contributed by atoms with Crippen LogP contribution in [0.4, 0.5) is 0 Å². The minimum absolute atomic E-state index is 0.121. The van der Waals surface area contributed by atoms with Gasteiger partial charge in [0.25, 0.3) is 0 Å². The molecular formula is C31H27O4P. The summed E-state index contributed by atoms with van der Waals surface area (Å²) in [5.74, 6) is -0.957. The van der Waals surface area contributed by atoms with Gasteiger partial charge in [0, 0.05) is 19.8 Å². The first-order valence-electron chi connectivity index (χ1n) is 11.8. The van der Waals surface area contributed by atoms with Crippen LogP contribution in [-0.2, 0) is 23.6 Å². The van der Waals surface area contributed by atoms with Crippen LogP contribution in [0.25, 0.3) is 11.1 Å². The first-order chi connectivity index (χ1) is 17.6. The van der Waals surface area contributed by atoms with Crippen molar-refractivity contribution in [1.82, 2.24) is 0 Å². The van der Waals surface area contributed by atoms with Crippen LogP contribution in [0.5, 0.6) is 0 Å². The van der Waals surface area contributed by atoms with Gasteiger partial charge in [0.1, 0.15) is 5.16 Å². The largest absolute Gasteiger partial charge is 0.346 e. The molecule has 0 amide bonds. The summed E-state index contributed by atoms with van der Waals surface area (Å²) < 4.78 is 26.6. The van der Waals surface area contributed by atoms with E-state index in [-0.39, 0.29) is 5.78 Å². The van der Waals surface area contributed by atoms with Crippen molar-refractivity contribution in [3.63, 3.8) is 0 Å². The zero-order chi connectivity index (χ0) is 25.2. The molecule has 2 unspecified atom stereocenters. The second-order valence-corrected chi connectivity index (χ2v) is 11.1. The minimum atomic E-state index is -4.00. The number of benzene rings is 4. The molecule has 2 atom stereocenters. The molecule has 0 spiro atoms. The number of carbonyl (C=O) groups is 1. The molecule has 0 saturated carbocycles. The fourth-order valence-corrected chi connectivity index (χ4v) is 7.80. The summed E-state index contributed by atoms with van der Waals surface area (Å²) in [6, 6.07) is 38.3. The van der Waals surface area contributed by atoms with Gasteiger partial charge >= 0.3 is 7.60 Å². The van der Waals surface area contributed by atoms with E-state index in [1.165, 1.54) is 14.2 Å². The summed E-state index contributed by atoms with van der Waals surface area (Å²) in [4.78, 5) is 14.7. The molecule has 4 aromatic carbocycles. The van der Waals surface area contributed by atoms with Gasteiger partial charge in [-0.3, -0.25) is 9.36 Å². The van der Waals surface area contributed by atoms with Crippen molar-refractivity contribution in [3.8, 4) is 0 Å². The quantitative estimate of drug-likeness (QED) is 0.252. The van der Waals surface area contributed by atoms with E-state index in [0.717, 1.165) is 16.7 Å². The second kappa shape index (κ2) is 9.83. The maximum absolute atomic E-state index is 14.9. The molecule has 0 aliphatic heterocycles. The average molecular weight is 495 g/mol. The Balaban J connectivity index is 2.02. The van der Waals surface area contributed by atoms with E-state index < -0.39 is 18.7 Å². The summed E-state index contributed by atoms with van der Waals surface area (Å²) in [6.07, 6.45) is 0. The maximum atomic E-state index is 14.9. The first kappa shape index (κ1) is 24.1. The number of rotatable bonds is 7. The van der Waals surface area contributed by atoms with Crippen molar-refractivity contribution < 1.29 is 18.4 Å². The topological polar surface area (TPSA) is 52.6 Å². The molecule has 0 radical (unpaired) electrons. The standard InChI is InChI=1S/C31H27O4P/c1-34-36(33,35-2)31(26-21-13-6-14-22-26)28(24-17-9-4-10-18-24)27(23-15-7-3-8-16-23)30(32)29(31)25-19-11-5-12-20-25/h3-22,29H,1-2H3. The predicted octanol–water partition coefficient (Wildman–Crippen LogP) is 7.35. The number of carbonyl (C=O) groups excluding carboxylic acids is 1. The van der Waals surface area contributed by atoms with Crippen molar-refractivity contribution in [2.45, 2.75) is 11.1 Å². The second-order valence-electron chi connectivity index (χ2n) is 8.69. The molecule has 5 heteroatoms. The van der Waals surface area contributed by atoms with E-state index in [1.807, 2.05) is 121 Å². The molecule has 0 aromatic heterocycles. The number of ketones is 1. The smallest absolute Gasteiger partial charge is 0.311 e. The zero-order valence-corrected chi connectivity index (χ0v) is 21.1. The third-order valence-corrected chi connectivity index (χ3v) is 9.51. The Labute approximate surface area is 211 Å². The molecular weight excluding hydrogens is 467 g/mol. The number of allylic oxidation sites excluding steroid dienone is 2. The van der Waals surface area contributed by atoms with Gasteiger partial charge in [-0.1, -0.05) is 121 Å². The summed E-state index contributed by atoms with van der Waals surface area (Å²) >= 11 is 0. The van der Waals surface area contributed by atoms with Crippen molar-refractivity contribution >= 4 is 24.5 Å². The Hall–Kier alpha value is -3.56. The molecule has 1 aliphatic carbocycles. The average Bonchev–Trinajstić information content (AvgIpc) is 3.24. The van der Waals surface area contributed by atoms with Gasteiger partial charge in [-0.2, -0.15) is 0 Å². The molecule has 0 heterocycles. The molecule has 4 nitrogen and oxygen atoms in total. The van der Waals surface area contributed by atoms with Gasteiger partial charge < -0.3 is 9.05 Å². The lowest BCUT2D eigenvalue weighted by Gasteiger charge is -2.41. The molecule has 180 valence electrons. The van der Waals surface area contributed by atoms with Crippen molar-refractivity contribution in [3.05, 3.63) is 144 Å². The Bertz CT molecular complexity index is 1430. The summed E-state index contributed by atoms with van der Waals surface area (Å²) in [5, 5.41) is -1.43. The van der Waals surface area contributed by atoms with Crippen LogP contribution >= 0.6 is 7.60 Å². The Morgan fingerprint density at radius 3 is 1.58 bits per heavy atom. The van der Waals surface area contributed by atoms with E-state index in [4.69, 9.17) is 9.05 Å². The van der Waals surface area contributed by atoms with Gasteiger partial charge in [0.05, 0.1) is 5.92 Å². The van der Waals surface area contributed by atoms with Gasteiger partial charge in [-0.15, -0.1) is 0 Å². The summed E-state index contributed by atoms with van der Waals surface area (Å²) in [5.41, 5.74) is 4.17. The van der Waals surface area contributed by atoms with Gasteiger partial charge in [0.15, 0.2) is 5.78 Å². The van der Waals surface area contributed by atoms with Crippen LogP contribution in [0.15, 0.2) is 121 Å². The molecule has 0 fully saturated rings. The molecule has 5 rings (SSSR count). The van der Waals surface area contributed by atoms with Crippen LogP contribution in [0.2, 0.25) is 0 Å². The summed E-state index contributed by atoms with van der Waals surface area (Å²) in [7, 11) is -1.21. The lowest BCUT2D eigenvalue weighted by Crippen LogP contribution is -2.35. The van der Waals surface area contributed by atoms with Crippen molar-refractivity contribution in [2.24, 2.45) is 0 Å². The Morgan fingerprint density at radius 1 is 0.639 bits per heavy atom. The van der Waals surface area contributed by atoms with Gasteiger partial charge in [0.2, 0.25) is 0 Å². The van der Waals surface area contributed by atoms with E-state index in [2.05, 4.69) is 0 Å². The normalized spacial score (nSPS) is 20.1. The maximum Gasteiger partial charge on any atom is 0.346 e. The molecule has 36 heavy (non-hydrogen) atoms. The molecule has 1 aliphatic rings. The summed E-state index contributed by atoms with van der Waals surface area (Å²) in [6.45, 7) is 0. The SMILES string of the molecule is COP(=O)(OC)C1(c2ccccc2)C(c2ccccc2)=C(c2ccccc2)C(=O)C1c1ccccc1. The Morgan fingerprint density at radius 2 is 1.08 bits per heavy atom. The Kier molecular flexibility index (Phi) is 6.59. The van der Waals surface area contributed by atoms with Crippen molar-refractivity contribution in [2.75, 3.05) is 14.2 Å². The highest BCUT2D eigenvalue weighted by atomic mass is 31.2. The van der Waals surface area contributed by atoms with Crippen LogP contribution < -0.4 is 0 Å². The van der Waals surface area contributed by atoms with Gasteiger partial charge in [-0.05, 0) is 27.8 Å². The fourth-order valence-electron chi connectivity index (χ4n) is 5.51. The highest BCUT2D eigenvalue weighted by molar-refractivity contribution is 7.56. The fraction of sp³-hybridized carbons (Fsp3) is 0.129. The minimum Gasteiger partial charge on any atom is -0.311 e. The van der Waals surface area contributed by atoms with E-state index in [1.54, 1.807) is 0 Å². The number of Topliss-reactive ketones (excluding diaryl/α,β-unsaturated/α-hetero) is 1. The third-order valence-electron chi connectivity index (χ3n) is 6.94. The number of hydrogen-bond donors (Lipinski definition) is 0. The van der Waals surface area contributed by atoms with Crippen LogP contribution in [0.1, 0.15) is 28.2 Å². The van der Waals surface area contributed by atoms with E-state index in [0.29, 0.717) is 16.7 Å². The molecule has 0 bridgehead atoms. The predicted molar refractivity (Wildman–Crippen MR) is 144 cm³/mol. The van der Waals surface area contributed by atoms with Crippen molar-refractivity contribution in [1.29, 1.82) is 0 Å². The molecule has 0 saturated heterocycles. The monoisotopic (exact) mass is 494 g/mol. The van der Waals surface area contributed by atoms with E-state index in [9.17, 15) is 9.36 Å². The third kappa shape index (κ3) is 3.61. The van der Waals surface area contributed by atoms with Crippen LogP contribution in [0.3, 0.4) is 0 Å². The zero-order valence-electron chi connectivity index (χ0n) is 20.2. The number of hydrogen-bond acceptors (Lipinski definition) is 4. The molecule has 0 N–H and O–H groups in total. The lowest BCUT2D eigenvalue weighted by atomic mass is 9.77. The lowest BCUT2D eigenvalue weighted by molar-refractivity contribution is -0.115. The van der Waals surface area contributed by atoms with Gasteiger partial charge in [-0.25, -0.2) is 0 Å². The first-order valence-corrected chi connectivity index (χ1v) is 13.3. The van der Waals surface area contributed by atoms with Crippen LogP contribution in [-0.4, -0.2) is 20.0 Å². The van der Waals surface area contributed by atoms with E-state index >= 15 is 0 Å². The molecule has 4 aromatic rings.